The molecule has 130 valence electrons. The fraction of sp³-hybridized carbons (Fsp3) is 0.211. The number of halogens is 3. The average molecular weight is 346 g/mol. The van der Waals surface area contributed by atoms with Crippen molar-refractivity contribution < 1.29 is 18.0 Å². The fourth-order valence-electron chi connectivity index (χ4n) is 3.05. The molecule has 1 amide bonds. The van der Waals surface area contributed by atoms with Gasteiger partial charge in [0, 0.05) is 23.6 Å². The maximum absolute atomic E-state index is 12.7. The van der Waals surface area contributed by atoms with Crippen LogP contribution in [0.25, 0.3) is 10.9 Å². The number of hydrogen-bond acceptors (Lipinski definition) is 1. The summed E-state index contributed by atoms with van der Waals surface area (Å²) >= 11 is 0. The van der Waals surface area contributed by atoms with Crippen molar-refractivity contribution in [3.05, 3.63) is 70.9 Å². The molecular formula is C19H17F3N2O. The summed E-state index contributed by atoms with van der Waals surface area (Å²) in [5.74, 6) is -0.517. The number of amides is 1. The molecule has 0 aliphatic rings. The largest absolute Gasteiger partial charge is 0.416 e. The van der Waals surface area contributed by atoms with Gasteiger partial charge in [0.15, 0.2) is 0 Å². The van der Waals surface area contributed by atoms with Gasteiger partial charge in [0.2, 0.25) is 0 Å². The van der Waals surface area contributed by atoms with Crippen LogP contribution in [0.5, 0.6) is 0 Å². The molecule has 2 N–H and O–H groups in total. The molecule has 0 fully saturated rings. The van der Waals surface area contributed by atoms with Crippen LogP contribution in [0.2, 0.25) is 0 Å². The monoisotopic (exact) mass is 346 g/mol. The second kappa shape index (κ2) is 6.27. The number of fused-ring (bicyclic) bond motifs is 1. The van der Waals surface area contributed by atoms with Gasteiger partial charge in [-0.1, -0.05) is 24.3 Å². The Morgan fingerprint density at radius 3 is 2.36 bits per heavy atom. The molecular weight excluding hydrogens is 329 g/mol. The molecule has 3 rings (SSSR count). The first-order chi connectivity index (χ1) is 11.8. The Hall–Kier alpha value is -2.76. The molecule has 0 radical (unpaired) electrons. The Morgan fingerprint density at radius 2 is 1.80 bits per heavy atom. The lowest BCUT2D eigenvalue weighted by molar-refractivity contribution is -0.137. The number of carbonyl (C=O) groups excluding carboxylic acids is 1. The van der Waals surface area contributed by atoms with E-state index in [9.17, 15) is 18.0 Å². The van der Waals surface area contributed by atoms with E-state index in [1.807, 2.05) is 29.7 Å². The quantitative estimate of drug-likeness (QED) is 0.749. The van der Waals surface area contributed by atoms with E-state index in [0.29, 0.717) is 18.5 Å². The molecule has 3 aromatic rings. The van der Waals surface area contributed by atoms with E-state index in [1.165, 1.54) is 12.1 Å². The number of nitrogens with two attached hydrogens (primary N) is 1. The molecule has 2 aromatic carbocycles. The zero-order chi connectivity index (χ0) is 18.2. The first kappa shape index (κ1) is 17.1. The first-order valence-electron chi connectivity index (χ1n) is 7.88. The van der Waals surface area contributed by atoms with Crippen molar-refractivity contribution in [1.82, 2.24) is 4.57 Å². The third-order valence-electron chi connectivity index (χ3n) is 4.27. The topological polar surface area (TPSA) is 48.0 Å². The van der Waals surface area contributed by atoms with Crippen LogP contribution in [0, 0.1) is 0 Å². The van der Waals surface area contributed by atoms with Crippen LogP contribution in [0.1, 0.15) is 34.0 Å². The Labute approximate surface area is 142 Å². The predicted molar refractivity (Wildman–Crippen MR) is 90.4 cm³/mol. The van der Waals surface area contributed by atoms with Gasteiger partial charge in [0.1, 0.15) is 0 Å². The maximum atomic E-state index is 12.7. The van der Waals surface area contributed by atoms with Gasteiger partial charge >= 0.3 is 6.18 Å². The van der Waals surface area contributed by atoms with Crippen LogP contribution in [0.15, 0.2) is 48.7 Å². The van der Waals surface area contributed by atoms with Crippen molar-refractivity contribution in [3.8, 4) is 0 Å². The first-order valence-corrected chi connectivity index (χ1v) is 7.88. The molecule has 0 saturated heterocycles. The van der Waals surface area contributed by atoms with Crippen LogP contribution >= 0.6 is 0 Å². The highest BCUT2D eigenvalue weighted by Gasteiger charge is 2.29. The number of primary amides is 1. The lowest BCUT2D eigenvalue weighted by Gasteiger charge is -2.09. The van der Waals surface area contributed by atoms with Gasteiger partial charge in [-0.15, -0.1) is 0 Å². The number of aromatic nitrogens is 1. The fourth-order valence-corrected chi connectivity index (χ4v) is 3.05. The molecule has 0 aliphatic heterocycles. The van der Waals surface area contributed by atoms with Crippen LogP contribution in [-0.2, 0) is 19.1 Å². The third kappa shape index (κ3) is 3.24. The number of carbonyl (C=O) groups is 1. The van der Waals surface area contributed by atoms with Crippen LogP contribution < -0.4 is 5.73 Å². The molecule has 1 aromatic heterocycles. The average Bonchev–Trinajstić information content (AvgIpc) is 2.94. The van der Waals surface area contributed by atoms with E-state index < -0.39 is 17.6 Å². The smallest absolute Gasteiger partial charge is 0.366 e. The van der Waals surface area contributed by atoms with Crippen molar-refractivity contribution in [2.45, 2.75) is 26.1 Å². The lowest BCUT2D eigenvalue weighted by atomic mass is 9.98. The molecule has 0 unspecified atom stereocenters. The Bertz CT molecular complexity index is 924. The number of hydrogen-bond donors (Lipinski definition) is 1. The van der Waals surface area contributed by atoms with Crippen LogP contribution in [0.3, 0.4) is 0 Å². The molecule has 25 heavy (non-hydrogen) atoms. The van der Waals surface area contributed by atoms with Gasteiger partial charge in [-0.2, -0.15) is 13.2 Å². The van der Waals surface area contributed by atoms with Crippen molar-refractivity contribution in [2.75, 3.05) is 0 Å². The summed E-state index contributed by atoms with van der Waals surface area (Å²) in [4.78, 5) is 11.8. The third-order valence-corrected chi connectivity index (χ3v) is 4.27. The van der Waals surface area contributed by atoms with Crippen molar-refractivity contribution in [1.29, 1.82) is 0 Å². The number of alkyl halides is 3. The highest BCUT2D eigenvalue weighted by atomic mass is 19.4. The Balaban J connectivity index is 2.04. The number of benzene rings is 2. The number of nitrogens with zero attached hydrogens (tertiary/aromatic N) is 1. The number of rotatable bonds is 4. The molecule has 0 bridgehead atoms. The molecule has 6 heteroatoms. The van der Waals surface area contributed by atoms with Gasteiger partial charge < -0.3 is 10.3 Å². The normalized spacial score (nSPS) is 11.8. The zero-order valence-electron chi connectivity index (χ0n) is 13.6. The molecule has 0 saturated carbocycles. The van der Waals surface area contributed by atoms with Crippen LogP contribution in [-0.4, -0.2) is 10.5 Å². The summed E-state index contributed by atoms with van der Waals surface area (Å²) in [5, 5.41) is 0.761. The summed E-state index contributed by atoms with van der Waals surface area (Å²) in [6.45, 7) is 2.65. The summed E-state index contributed by atoms with van der Waals surface area (Å²) in [6.07, 6.45) is -2.21. The van der Waals surface area contributed by atoms with Gasteiger partial charge in [-0.05, 0) is 42.7 Å². The van der Waals surface area contributed by atoms with Crippen molar-refractivity contribution in [2.24, 2.45) is 5.73 Å². The van der Waals surface area contributed by atoms with E-state index in [1.54, 1.807) is 6.20 Å². The minimum Gasteiger partial charge on any atom is -0.366 e. The molecule has 3 nitrogen and oxygen atoms in total. The summed E-state index contributed by atoms with van der Waals surface area (Å²) in [5.41, 5.74) is 7.74. The van der Waals surface area contributed by atoms with E-state index in [0.717, 1.165) is 34.2 Å². The summed E-state index contributed by atoms with van der Waals surface area (Å²) in [7, 11) is 0. The zero-order valence-corrected chi connectivity index (χ0v) is 13.6. The van der Waals surface area contributed by atoms with Crippen LogP contribution in [0.4, 0.5) is 13.2 Å². The predicted octanol–water partition coefficient (Wildman–Crippen LogP) is 4.37. The van der Waals surface area contributed by atoms with E-state index in [-0.39, 0.29) is 0 Å². The van der Waals surface area contributed by atoms with Gasteiger partial charge in [-0.3, -0.25) is 4.79 Å². The van der Waals surface area contributed by atoms with Gasteiger partial charge in [-0.25, -0.2) is 0 Å². The van der Waals surface area contributed by atoms with E-state index >= 15 is 0 Å². The lowest BCUT2D eigenvalue weighted by Crippen LogP contribution is -2.10. The van der Waals surface area contributed by atoms with Gasteiger partial charge in [0.25, 0.3) is 5.91 Å². The van der Waals surface area contributed by atoms with E-state index in [2.05, 4.69) is 0 Å². The molecule has 0 spiro atoms. The minimum atomic E-state index is -4.35. The van der Waals surface area contributed by atoms with Crippen molar-refractivity contribution in [3.63, 3.8) is 0 Å². The Morgan fingerprint density at radius 1 is 1.12 bits per heavy atom. The minimum absolute atomic E-state index is 0.420. The van der Waals surface area contributed by atoms with E-state index in [4.69, 9.17) is 5.73 Å². The highest BCUT2D eigenvalue weighted by molar-refractivity contribution is 6.07. The number of aryl methyl sites for hydroxylation is 1. The molecule has 0 atom stereocenters. The van der Waals surface area contributed by atoms with Crippen molar-refractivity contribution >= 4 is 16.8 Å². The standard InChI is InChI=1S/C19H17F3N2O/c1-2-24-11-15(18(23)25)17-13(4-3-5-16(17)24)10-12-6-8-14(9-7-12)19(20,21)22/h3-9,11H,2,10H2,1H3,(H2,23,25). The van der Waals surface area contributed by atoms with Gasteiger partial charge in [0.05, 0.1) is 11.1 Å². The molecule has 0 aliphatic carbocycles. The summed E-state index contributed by atoms with van der Waals surface area (Å²) in [6, 6.07) is 10.7. The SMILES string of the molecule is CCn1cc(C(N)=O)c2c(Cc3ccc(C(F)(F)F)cc3)cccc21. The highest BCUT2D eigenvalue weighted by Crippen LogP contribution is 2.30. The molecule has 1 heterocycles. The summed E-state index contributed by atoms with van der Waals surface area (Å²) < 4.78 is 40.0. The second-order valence-electron chi connectivity index (χ2n) is 5.88. The Kier molecular flexibility index (Phi) is 4.29. The maximum Gasteiger partial charge on any atom is 0.416 e. The second-order valence-corrected chi connectivity index (χ2v) is 5.88.